The maximum atomic E-state index is 13.3. The third kappa shape index (κ3) is 5.01. The van der Waals surface area contributed by atoms with Gasteiger partial charge in [-0.05, 0) is 61.2 Å². The summed E-state index contributed by atoms with van der Waals surface area (Å²) in [6.45, 7) is 6.80. The van der Waals surface area contributed by atoms with E-state index in [4.69, 9.17) is 4.74 Å². The third-order valence-corrected chi connectivity index (χ3v) is 10.5. The number of rotatable bonds is 6. The highest BCUT2D eigenvalue weighted by atomic mass is 32.2. The molecule has 5 rings (SSSR count). The molecule has 0 bridgehead atoms. The quantitative estimate of drug-likeness (QED) is 0.457. The van der Waals surface area contributed by atoms with Gasteiger partial charge in [0.2, 0.25) is 10.0 Å². The fraction of sp³-hybridized carbons (Fsp3) is 0.357. The van der Waals surface area contributed by atoms with Crippen molar-refractivity contribution in [1.29, 1.82) is 0 Å². The van der Waals surface area contributed by atoms with Crippen molar-refractivity contribution >= 4 is 38.2 Å². The molecule has 2 aromatic carbocycles. The first-order valence-corrected chi connectivity index (χ1v) is 15.0. The number of amides is 1. The van der Waals surface area contributed by atoms with Gasteiger partial charge in [0.05, 0.1) is 35.0 Å². The van der Waals surface area contributed by atoms with E-state index in [1.54, 1.807) is 0 Å². The molecule has 1 amide bonds. The van der Waals surface area contributed by atoms with Crippen LogP contribution < -0.4 is 10.2 Å². The van der Waals surface area contributed by atoms with Gasteiger partial charge in [-0.1, -0.05) is 24.3 Å². The van der Waals surface area contributed by atoms with Gasteiger partial charge < -0.3 is 15.0 Å². The van der Waals surface area contributed by atoms with Crippen molar-refractivity contribution in [3.8, 4) is 0 Å². The summed E-state index contributed by atoms with van der Waals surface area (Å²) in [6, 6.07) is 14.3. The summed E-state index contributed by atoms with van der Waals surface area (Å²) in [4.78, 5) is 28.4. The van der Waals surface area contributed by atoms with Crippen LogP contribution in [0.25, 0.3) is 0 Å². The first kappa shape index (κ1) is 26.6. The molecule has 1 atom stereocenters. The molecule has 10 heteroatoms. The Morgan fingerprint density at radius 3 is 2.45 bits per heavy atom. The number of nitrogens with one attached hydrogen (secondary N) is 2. The van der Waals surface area contributed by atoms with Crippen molar-refractivity contribution in [2.45, 2.75) is 50.7 Å². The molecule has 2 aliphatic rings. The number of carbonyl (C=O) groups excluding carboxylic acids is 2. The Morgan fingerprint density at radius 2 is 1.76 bits per heavy atom. The average molecular weight is 555 g/mol. The van der Waals surface area contributed by atoms with Crippen LogP contribution in [-0.2, 0) is 40.7 Å². The van der Waals surface area contributed by atoms with Crippen molar-refractivity contribution in [3.05, 3.63) is 81.2 Å². The fourth-order valence-electron chi connectivity index (χ4n) is 5.18. The molecule has 0 fully saturated rings. The zero-order chi connectivity index (χ0) is 27.0. The predicted octanol–water partition coefficient (Wildman–Crippen LogP) is 2.88. The number of benzene rings is 2. The number of anilines is 1. The molecule has 3 heterocycles. The normalized spacial score (nSPS) is 17.5. The van der Waals surface area contributed by atoms with E-state index in [2.05, 4.69) is 19.2 Å². The van der Waals surface area contributed by atoms with Crippen molar-refractivity contribution in [1.82, 2.24) is 4.31 Å². The molecule has 38 heavy (non-hydrogen) atoms. The standard InChI is InChI=1S/C28H31N3O5S2/c1-18(2)30-14-13-23-24(17-30)37-27(25(23)28(33)36-3)29-26(32)20-8-10-22(11-9-20)38(34,35)31-15-12-19-6-4-5-7-21(19)16-31/h4-11,18H,12-17H2,1-3H3,(H,29,32)/p+1. The van der Waals surface area contributed by atoms with Crippen LogP contribution in [0.2, 0.25) is 0 Å². The number of thiophene rings is 1. The molecule has 3 aromatic rings. The van der Waals surface area contributed by atoms with E-state index < -0.39 is 21.9 Å². The number of nitrogens with zero attached hydrogens (tertiary/aromatic N) is 1. The minimum atomic E-state index is -3.70. The molecule has 1 aromatic heterocycles. The first-order chi connectivity index (χ1) is 18.2. The monoisotopic (exact) mass is 554 g/mol. The van der Waals surface area contributed by atoms with Gasteiger partial charge in [-0.15, -0.1) is 11.3 Å². The molecule has 0 spiro atoms. The maximum absolute atomic E-state index is 13.3. The smallest absolute Gasteiger partial charge is 0.341 e. The number of methoxy groups -OCH3 is 1. The molecule has 0 saturated heterocycles. The second-order valence-electron chi connectivity index (χ2n) is 10.0. The van der Waals surface area contributed by atoms with Gasteiger partial charge in [0.1, 0.15) is 11.5 Å². The van der Waals surface area contributed by atoms with Crippen molar-refractivity contribution in [3.63, 3.8) is 0 Å². The Bertz CT molecular complexity index is 1480. The summed E-state index contributed by atoms with van der Waals surface area (Å²) < 4.78 is 33.1. The number of hydrogen-bond acceptors (Lipinski definition) is 6. The van der Waals surface area contributed by atoms with Gasteiger partial charge in [-0.2, -0.15) is 4.31 Å². The van der Waals surface area contributed by atoms with E-state index in [0.29, 0.717) is 41.7 Å². The Kier molecular flexibility index (Phi) is 7.41. The van der Waals surface area contributed by atoms with E-state index in [9.17, 15) is 18.0 Å². The summed E-state index contributed by atoms with van der Waals surface area (Å²) in [5.41, 5.74) is 3.87. The highest BCUT2D eigenvalue weighted by Crippen LogP contribution is 2.36. The van der Waals surface area contributed by atoms with Gasteiger partial charge in [-0.3, -0.25) is 4.79 Å². The minimum Gasteiger partial charge on any atom is -0.465 e. The third-order valence-electron chi connectivity index (χ3n) is 7.46. The summed E-state index contributed by atoms with van der Waals surface area (Å²) in [5.74, 6) is -0.868. The topological polar surface area (TPSA) is 97.2 Å². The Balaban J connectivity index is 1.34. The predicted molar refractivity (Wildman–Crippen MR) is 146 cm³/mol. The van der Waals surface area contributed by atoms with Crippen LogP contribution in [0.3, 0.4) is 0 Å². The van der Waals surface area contributed by atoms with Crippen molar-refractivity contribution < 1.29 is 27.6 Å². The van der Waals surface area contributed by atoms with Crippen molar-refractivity contribution in [2.75, 3.05) is 25.5 Å². The molecule has 200 valence electrons. The van der Waals surface area contributed by atoms with E-state index in [1.165, 1.54) is 57.5 Å². The zero-order valence-electron chi connectivity index (χ0n) is 21.7. The number of carbonyl (C=O) groups is 2. The van der Waals surface area contributed by atoms with E-state index in [0.717, 1.165) is 35.5 Å². The lowest BCUT2D eigenvalue weighted by Gasteiger charge is -2.28. The Hall–Kier alpha value is -3.05. The molecule has 1 unspecified atom stereocenters. The van der Waals surface area contributed by atoms with Crippen LogP contribution in [0.4, 0.5) is 5.00 Å². The highest BCUT2D eigenvalue weighted by Gasteiger charge is 2.32. The van der Waals surface area contributed by atoms with E-state index in [-0.39, 0.29) is 4.90 Å². The number of sulfonamides is 1. The first-order valence-electron chi connectivity index (χ1n) is 12.7. The summed E-state index contributed by atoms with van der Waals surface area (Å²) in [5, 5.41) is 3.36. The highest BCUT2D eigenvalue weighted by molar-refractivity contribution is 7.89. The van der Waals surface area contributed by atoms with Crippen LogP contribution in [0.5, 0.6) is 0 Å². The molecule has 2 N–H and O–H groups in total. The molecule has 0 saturated carbocycles. The summed E-state index contributed by atoms with van der Waals surface area (Å²) >= 11 is 1.41. The van der Waals surface area contributed by atoms with Gasteiger partial charge in [0.15, 0.2) is 0 Å². The molecule has 2 aliphatic heterocycles. The number of esters is 1. The Labute approximate surface area is 227 Å². The lowest BCUT2D eigenvalue weighted by Crippen LogP contribution is -3.14. The number of hydrogen-bond donors (Lipinski definition) is 2. The molecular formula is C28H32N3O5S2+. The van der Waals surface area contributed by atoms with Crippen molar-refractivity contribution in [2.24, 2.45) is 0 Å². The molecule has 0 aliphatic carbocycles. The number of quaternary nitrogens is 1. The maximum Gasteiger partial charge on any atom is 0.341 e. The second kappa shape index (κ2) is 10.6. The van der Waals surface area contributed by atoms with Gasteiger partial charge in [0, 0.05) is 25.1 Å². The fourth-order valence-corrected chi connectivity index (χ4v) is 7.88. The number of ether oxygens (including phenoxy) is 1. The summed E-state index contributed by atoms with van der Waals surface area (Å²) in [6.07, 6.45) is 1.41. The second-order valence-corrected chi connectivity index (χ2v) is 13.1. The zero-order valence-corrected chi connectivity index (χ0v) is 23.4. The van der Waals surface area contributed by atoms with Gasteiger partial charge >= 0.3 is 5.97 Å². The van der Waals surface area contributed by atoms with Crippen LogP contribution in [0.1, 0.15) is 56.1 Å². The average Bonchev–Trinajstić information content (AvgIpc) is 3.29. The number of fused-ring (bicyclic) bond motifs is 2. The SMILES string of the molecule is COC(=O)c1c(NC(=O)c2ccc(S(=O)(=O)N3CCc4ccccc4C3)cc2)sc2c1CC[NH+](C(C)C)C2. The van der Waals surface area contributed by atoms with Crippen LogP contribution in [-0.4, -0.2) is 50.8 Å². The van der Waals surface area contributed by atoms with Gasteiger partial charge in [0.25, 0.3) is 5.91 Å². The summed E-state index contributed by atoms with van der Waals surface area (Å²) in [7, 11) is -2.36. The lowest BCUT2D eigenvalue weighted by molar-refractivity contribution is -0.936. The van der Waals surface area contributed by atoms with E-state index >= 15 is 0 Å². The van der Waals surface area contributed by atoms with E-state index in [1.807, 2.05) is 24.3 Å². The van der Waals surface area contributed by atoms with Crippen LogP contribution in [0.15, 0.2) is 53.4 Å². The molecule has 0 radical (unpaired) electrons. The minimum absolute atomic E-state index is 0.145. The lowest BCUT2D eigenvalue weighted by atomic mass is 10.0. The largest absolute Gasteiger partial charge is 0.465 e. The van der Waals surface area contributed by atoms with Gasteiger partial charge in [-0.25, -0.2) is 13.2 Å². The molecule has 8 nitrogen and oxygen atoms in total. The van der Waals surface area contributed by atoms with Crippen LogP contribution in [0, 0.1) is 0 Å². The molecular weight excluding hydrogens is 522 g/mol. The Morgan fingerprint density at radius 1 is 1.05 bits per heavy atom. The van der Waals surface area contributed by atoms with Crippen LogP contribution >= 0.6 is 11.3 Å².